The minimum Gasteiger partial charge on any atom is -0.316 e. The van der Waals surface area contributed by atoms with E-state index in [0.29, 0.717) is 6.54 Å². The largest absolute Gasteiger partial charge is 0.316 e. The van der Waals surface area contributed by atoms with Gasteiger partial charge >= 0.3 is 0 Å². The summed E-state index contributed by atoms with van der Waals surface area (Å²) in [5.41, 5.74) is 8.90. The summed E-state index contributed by atoms with van der Waals surface area (Å²) < 4.78 is 0. The van der Waals surface area contributed by atoms with E-state index in [1.165, 1.54) is 0 Å². The van der Waals surface area contributed by atoms with E-state index in [4.69, 9.17) is 5.73 Å². The van der Waals surface area contributed by atoms with Crippen molar-refractivity contribution >= 4 is 11.6 Å². The summed E-state index contributed by atoms with van der Waals surface area (Å²) in [6.07, 6.45) is 0. The zero-order chi connectivity index (χ0) is 10.3. The van der Waals surface area contributed by atoms with Gasteiger partial charge in [0.05, 0.1) is 0 Å². The average molecular weight is 190 g/mol. The van der Waals surface area contributed by atoms with Gasteiger partial charge in [0, 0.05) is 17.8 Å². The smallest absolute Gasteiger partial charge is 0.248 e. The van der Waals surface area contributed by atoms with Crippen molar-refractivity contribution in [1.82, 2.24) is 0 Å². The van der Waals surface area contributed by atoms with Crippen LogP contribution in [0.5, 0.6) is 0 Å². The molecule has 0 fully saturated rings. The van der Waals surface area contributed by atoms with Gasteiger partial charge in [0.25, 0.3) is 0 Å². The predicted molar refractivity (Wildman–Crippen MR) is 56.1 cm³/mol. The van der Waals surface area contributed by atoms with Gasteiger partial charge in [-0.05, 0) is 19.9 Å². The minimum atomic E-state index is -0.468. The molecule has 3 heteroatoms. The van der Waals surface area contributed by atoms with E-state index in [1.807, 2.05) is 32.0 Å². The highest BCUT2D eigenvalue weighted by molar-refractivity contribution is 6.04. The molecule has 1 aromatic carbocycles. The number of hydrogen-bond donors (Lipinski definition) is 1. The van der Waals surface area contributed by atoms with E-state index in [9.17, 15) is 4.79 Å². The van der Waals surface area contributed by atoms with Gasteiger partial charge in [-0.2, -0.15) is 0 Å². The Morgan fingerprint density at radius 2 is 2.21 bits per heavy atom. The fraction of sp³-hybridized carbons (Fsp3) is 0.364. The van der Waals surface area contributed by atoms with Crippen LogP contribution < -0.4 is 10.6 Å². The number of likely N-dealkylation sites (N-methyl/N-ethyl adjacent to an activating group) is 1. The number of nitrogens with zero attached hydrogens (tertiary/aromatic N) is 1. The summed E-state index contributed by atoms with van der Waals surface area (Å²) in [5, 5.41) is 0. The molecule has 1 aromatic rings. The number of aryl methyl sites for hydroxylation is 1. The number of rotatable bonds is 1. The van der Waals surface area contributed by atoms with E-state index >= 15 is 0 Å². The highest BCUT2D eigenvalue weighted by Gasteiger charge is 2.33. The molecule has 74 valence electrons. The van der Waals surface area contributed by atoms with Crippen LogP contribution >= 0.6 is 0 Å². The molecule has 2 rings (SSSR count). The van der Waals surface area contributed by atoms with Crippen LogP contribution in [0.2, 0.25) is 0 Å². The Balaban J connectivity index is 2.55. The van der Waals surface area contributed by atoms with Crippen LogP contribution in [0, 0.1) is 6.92 Å². The molecule has 0 radical (unpaired) electrons. The molecular formula is C11H14N2O. The lowest BCUT2D eigenvalue weighted by Gasteiger charge is -2.14. The van der Waals surface area contributed by atoms with E-state index in [0.717, 1.165) is 16.8 Å². The Bertz CT molecular complexity index is 387. The van der Waals surface area contributed by atoms with Crippen LogP contribution in [-0.4, -0.2) is 12.5 Å². The normalized spacial score (nSPS) is 20.1. The van der Waals surface area contributed by atoms with Gasteiger partial charge in [-0.1, -0.05) is 17.7 Å². The van der Waals surface area contributed by atoms with Crippen molar-refractivity contribution in [2.75, 3.05) is 11.4 Å². The Labute approximate surface area is 83.5 Å². The molecule has 1 atom stereocenters. The molecule has 0 aliphatic carbocycles. The molecule has 0 aromatic heterocycles. The highest BCUT2D eigenvalue weighted by atomic mass is 16.2. The van der Waals surface area contributed by atoms with Crippen molar-refractivity contribution in [3.63, 3.8) is 0 Å². The Morgan fingerprint density at radius 3 is 2.86 bits per heavy atom. The number of benzene rings is 1. The number of carbonyl (C=O) groups excluding carboxylic acids is 1. The van der Waals surface area contributed by atoms with Crippen molar-refractivity contribution < 1.29 is 4.79 Å². The average Bonchev–Trinajstić information content (AvgIpc) is 2.41. The van der Waals surface area contributed by atoms with Crippen LogP contribution in [0.1, 0.15) is 24.1 Å². The Morgan fingerprint density at radius 1 is 1.50 bits per heavy atom. The SMILES string of the molecule is CCN1C(=O)[C@H](N)c2cc(C)ccc21. The molecule has 0 spiro atoms. The standard InChI is InChI=1S/C11H14N2O/c1-3-13-9-5-4-7(2)6-8(9)10(12)11(13)14/h4-6,10H,3,12H2,1-2H3/t10-/m1/s1. The quantitative estimate of drug-likeness (QED) is 0.726. The zero-order valence-corrected chi connectivity index (χ0v) is 8.45. The first-order valence-electron chi connectivity index (χ1n) is 4.82. The van der Waals surface area contributed by atoms with Crippen molar-refractivity contribution in [2.24, 2.45) is 5.73 Å². The molecule has 1 amide bonds. The van der Waals surface area contributed by atoms with E-state index in [1.54, 1.807) is 4.90 Å². The number of hydrogen-bond acceptors (Lipinski definition) is 2. The first-order valence-corrected chi connectivity index (χ1v) is 4.82. The van der Waals surface area contributed by atoms with E-state index in [2.05, 4.69) is 0 Å². The lowest BCUT2D eigenvalue weighted by molar-refractivity contribution is -0.119. The summed E-state index contributed by atoms with van der Waals surface area (Å²) >= 11 is 0. The van der Waals surface area contributed by atoms with Crippen LogP contribution in [0.25, 0.3) is 0 Å². The summed E-state index contributed by atoms with van der Waals surface area (Å²) in [5.74, 6) is 0.00750. The third-order valence-electron chi connectivity index (χ3n) is 2.66. The van der Waals surface area contributed by atoms with Crippen molar-refractivity contribution in [3.8, 4) is 0 Å². The third kappa shape index (κ3) is 1.13. The number of fused-ring (bicyclic) bond motifs is 1. The predicted octanol–water partition coefficient (Wildman–Crippen LogP) is 1.36. The van der Waals surface area contributed by atoms with E-state index in [-0.39, 0.29) is 5.91 Å². The Kier molecular flexibility index (Phi) is 2.04. The second kappa shape index (κ2) is 3.10. The number of amides is 1. The fourth-order valence-corrected chi connectivity index (χ4v) is 1.91. The van der Waals surface area contributed by atoms with Crippen LogP contribution in [0.15, 0.2) is 18.2 Å². The number of nitrogens with two attached hydrogens (primary N) is 1. The van der Waals surface area contributed by atoms with Crippen molar-refractivity contribution in [1.29, 1.82) is 0 Å². The molecule has 0 saturated carbocycles. The van der Waals surface area contributed by atoms with Gasteiger partial charge in [0.15, 0.2) is 0 Å². The third-order valence-corrected chi connectivity index (χ3v) is 2.66. The molecule has 3 nitrogen and oxygen atoms in total. The van der Waals surface area contributed by atoms with Crippen LogP contribution in [-0.2, 0) is 4.79 Å². The van der Waals surface area contributed by atoms with E-state index < -0.39 is 6.04 Å². The topological polar surface area (TPSA) is 46.3 Å². The molecule has 2 N–H and O–H groups in total. The van der Waals surface area contributed by atoms with Gasteiger partial charge in [-0.15, -0.1) is 0 Å². The first-order chi connectivity index (χ1) is 6.65. The summed E-state index contributed by atoms with van der Waals surface area (Å²) in [4.78, 5) is 13.4. The first kappa shape index (κ1) is 9.21. The maximum Gasteiger partial charge on any atom is 0.248 e. The summed E-state index contributed by atoms with van der Waals surface area (Å²) in [6, 6.07) is 5.50. The van der Waals surface area contributed by atoms with Crippen LogP contribution in [0.3, 0.4) is 0 Å². The lowest BCUT2D eigenvalue weighted by atomic mass is 10.1. The highest BCUT2D eigenvalue weighted by Crippen LogP contribution is 2.34. The summed E-state index contributed by atoms with van der Waals surface area (Å²) in [6.45, 7) is 4.65. The molecule has 14 heavy (non-hydrogen) atoms. The maximum absolute atomic E-state index is 11.7. The lowest BCUT2D eigenvalue weighted by Crippen LogP contribution is -2.31. The molecule has 0 bridgehead atoms. The number of carbonyl (C=O) groups is 1. The van der Waals surface area contributed by atoms with Crippen molar-refractivity contribution in [3.05, 3.63) is 29.3 Å². The van der Waals surface area contributed by atoms with Gasteiger partial charge in [-0.25, -0.2) is 0 Å². The van der Waals surface area contributed by atoms with Crippen LogP contribution in [0.4, 0.5) is 5.69 Å². The van der Waals surface area contributed by atoms with Gasteiger partial charge in [-0.3, -0.25) is 4.79 Å². The molecule has 0 unspecified atom stereocenters. The Hall–Kier alpha value is -1.35. The van der Waals surface area contributed by atoms with Gasteiger partial charge in [0.2, 0.25) is 5.91 Å². The zero-order valence-electron chi connectivity index (χ0n) is 8.45. The second-order valence-electron chi connectivity index (χ2n) is 3.62. The monoisotopic (exact) mass is 190 g/mol. The second-order valence-corrected chi connectivity index (χ2v) is 3.62. The fourth-order valence-electron chi connectivity index (χ4n) is 1.91. The molecule has 0 saturated heterocycles. The van der Waals surface area contributed by atoms with Gasteiger partial charge < -0.3 is 10.6 Å². The maximum atomic E-state index is 11.7. The number of anilines is 1. The van der Waals surface area contributed by atoms with Crippen molar-refractivity contribution in [2.45, 2.75) is 19.9 Å². The summed E-state index contributed by atoms with van der Waals surface area (Å²) in [7, 11) is 0. The minimum absolute atomic E-state index is 0.00750. The molecule has 1 heterocycles. The van der Waals surface area contributed by atoms with Gasteiger partial charge in [0.1, 0.15) is 6.04 Å². The molecule has 1 aliphatic rings. The molecule has 1 aliphatic heterocycles. The molecular weight excluding hydrogens is 176 g/mol.